The fourth-order valence-electron chi connectivity index (χ4n) is 5.07. The first-order chi connectivity index (χ1) is 12.7. The summed E-state index contributed by atoms with van der Waals surface area (Å²) < 4.78 is 6.10. The maximum atomic E-state index is 13.5. The summed E-state index contributed by atoms with van der Waals surface area (Å²) in [6.07, 6.45) is 2.04. The number of aliphatic hydroxyl groups is 1. The summed E-state index contributed by atoms with van der Waals surface area (Å²) in [4.78, 5) is 41.6. The molecular weight excluding hydrogens is 352 g/mol. The van der Waals surface area contributed by atoms with Crippen LogP contribution in [0.5, 0.6) is 0 Å². The van der Waals surface area contributed by atoms with Crippen LogP contribution in [-0.2, 0) is 19.1 Å². The number of nitrogens with zero attached hydrogens (tertiary/aromatic N) is 2. The van der Waals surface area contributed by atoms with Crippen molar-refractivity contribution in [2.75, 3.05) is 13.2 Å². The summed E-state index contributed by atoms with van der Waals surface area (Å²) in [6, 6.07) is -1.67. The highest BCUT2D eigenvalue weighted by molar-refractivity contribution is 5.98. The summed E-state index contributed by atoms with van der Waals surface area (Å²) >= 11 is 0. The lowest BCUT2D eigenvalue weighted by Crippen LogP contribution is -2.59. The Kier molecular flexibility index (Phi) is 5.07. The van der Waals surface area contributed by atoms with Crippen LogP contribution in [0.1, 0.15) is 33.6 Å². The minimum absolute atomic E-state index is 0.124. The molecule has 2 unspecified atom stereocenters. The molecule has 0 aromatic carbocycles. The van der Waals surface area contributed by atoms with Gasteiger partial charge in [0.25, 0.3) is 0 Å². The van der Waals surface area contributed by atoms with E-state index in [0.717, 1.165) is 0 Å². The molecule has 0 aliphatic carbocycles. The van der Waals surface area contributed by atoms with Gasteiger partial charge in [-0.2, -0.15) is 0 Å². The summed E-state index contributed by atoms with van der Waals surface area (Å²) in [6.45, 7) is 9.11. The maximum Gasteiger partial charge on any atom is 0.310 e. The monoisotopic (exact) mass is 380 g/mol. The van der Waals surface area contributed by atoms with Gasteiger partial charge in [0.2, 0.25) is 11.8 Å². The van der Waals surface area contributed by atoms with Crippen molar-refractivity contribution in [3.63, 3.8) is 0 Å². The van der Waals surface area contributed by atoms with Gasteiger partial charge in [-0.1, -0.05) is 6.08 Å². The Morgan fingerprint density at radius 2 is 2.11 bits per heavy atom. The predicted octanol–water partition coefficient (Wildman–Crippen LogP) is 0.249. The number of carbonyl (C=O) groups is 3. The molecular formula is C19H28N2O6. The fraction of sp³-hybridized carbons (Fsp3) is 0.737. The lowest BCUT2D eigenvalue weighted by Gasteiger charge is -2.39. The molecule has 3 aliphatic rings. The van der Waals surface area contributed by atoms with Crippen molar-refractivity contribution in [2.45, 2.75) is 63.4 Å². The van der Waals surface area contributed by atoms with Gasteiger partial charge < -0.3 is 24.7 Å². The van der Waals surface area contributed by atoms with Gasteiger partial charge in [0.1, 0.15) is 11.6 Å². The summed E-state index contributed by atoms with van der Waals surface area (Å²) in [7, 11) is 0. The van der Waals surface area contributed by atoms with Gasteiger partial charge in [0.05, 0.1) is 30.6 Å². The van der Waals surface area contributed by atoms with E-state index < -0.39 is 47.5 Å². The lowest BCUT2D eigenvalue weighted by atomic mass is 9.70. The molecule has 2 N–H and O–H groups in total. The molecule has 3 fully saturated rings. The molecule has 2 bridgehead atoms. The van der Waals surface area contributed by atoms with E-state index in [0.29, 0.717) is 19.4 Å². The largest absolute Gasteiger partial charge is 0.481 e. The zero-order valence-corrected chi connectivity index (χ0v) is 16.0. The normalized spacial score (nSPS) is 35.4. The van der Waals surface area contributed by atoms with Crippen molar-refractivity contribution >= 4 is 17.8 Å². The van der Waals surface area contributed by atoms with Crippen LogP contribution >= 0.6 is 0 Å². The minimum atomic E-state index is -1.14. The van der Waals surface area contributed by atoms with E-state index in [9.17, 15) is 24.6 Å². The average Bonchev–Trinajstić information content (AvgIpc) is 3.25. The number of aliphatic hydroxyl groups excluding tert-OH is 1. The topological polar surface area (TPSA) is 107 Å². The summed E-state index contributed by atoms with van der Waals surface area (Å²) in [5, 5.41) is 19.4. The second-order valence-electron chi connectivity index (χ2n) is 8.04. The molecule has 8 nitrogen and oxygen atoms in total. The van der Waals surface area contributed by atoms with Gasteiger partial charge >= 0.3 is 5.97 Å². The Bertz CT molecular complexity index is 665. The quantitative estimate of drug-likeness (QED) is 0.613. The van der Waals surface area contributed by atoms with Gasteiger partial charge in [0, 0.05) is 12.6 Å². The molecule has 0 aromatic rings. The molecule has 27 heavy (non-hydrogen) atoms. The van der Waals surface area contributed by atoms with Gasteiger partial charge in [-0.05, 0) is 33.6 Å². The van der Waals surface area contributed by atoms with Crippen molar-refractivity contribution in [3.8, 4) is 0 Å². The van der Waals surface area contributed by atoms with Crippen LogP contribution in [0, 0.1) is 11.8 Å². The third kappa shape index (κ3) is 2.69. The Morgan fingerprint density at radius 1 is 1.44 bits per heavy atom. The number of carboxylic acids is 1. The SMILES string of the molecule is C=CCN(C(=O)C1N([C@H](C)CO)C(=O)[C@@H]2[C@H](C(=O)O)[C@@H]3CCC12O3)C(C)C. The molecule has 3 heterocycles. The second-order valence-corrected chi connectivity index (χ2v) is 8.04. The first-order valence-corrected chi connectivity index (χ1v) is 9.46. The Morgan fingerprint density at radius 3 is 2.63 bits per heavy atom. The van der Waals surface area contributed by atoms with Crippen LogP contribution in [0.25, 0.3) is 0 Å². The molecule has 3 aliphatic heterocycles. The van der Waals surface area contributed by atoms with E-state index in [1.807, 2.05) is 13.8 Å². The van der Waals surface area contributed by atoms with E-state index >= 15 is 0 Å². The van der Waals surface area contributed by atoms with Crippen molar-refractivity contribution in [3.05, 3.63) is 12.7 Å². The molecule has 0 saturated carbocycles. The third-order valence-corrected chi connectivity index (χ3v) is 6.23. The van der Waals surface area contributed by atoms with E-state index in [1.165, 1.54) is 4.90 Å². The highest BCUT2D eigenvalue weighted by atomic mass is 16.5. The van der Waals surface area contributed by atoms with Crippen molar-refractivity contribution in [1.29, 1.82) is 0 Å². The molecule has 3 rings (SSSR count). The number of amides is 2. The van der Waals surface area contributed by atoms with Crippen LogP contribution in [0.3, 0.4) is 0 Å². The van der Waals surface area contributed by atoms with Crippen LogP contribution in [-0.4, -0.2) is 80.8 Å². The predicted molar refractivity (Wildman–Crippen MR) is 95.7 cm³/mol. The van der Waals surface area contributed by atoms with Crippen LogP contribution < -0.4 is 0 Å². The molecule has 6 atom stereocenters. The highest BCUT2D eigenvalue weighted by Crippen LogP contribution is 2.58. The van der Waals surface area contributed by atoms with Crippen LogP contribution in [0.15, 0.2) is 12.7 Å². The molecule has 1 spiro atoms. The number of hydrogen-bond donors (Lipinski definition) is 2. The number of likely N-dealkylation sites (tertiary alicyclic amines) is 1. The van der Waals surface area contributed by atoms with Crippen molar-refractivity contribution < 1.29 is 29.3 Å². The first kappa shape index (κ1) is 19.8. The van der Waals surface area contributed by atoms with Crippen LogP contribution in [0.2, 0.25) is 0 Å². The minimum Gasteiger partial charge on any atom is -0.481 e. The smallest absolute Gasteiger partial charge is 0.310 e. The highest BCUT2D eigenvalue weighted by Gasteiger charge is 2.75. The zero-order chi connectivity index (χ0) is 20.1. The summed E-state index contributed by atoms with van der Waals surface area (Å²) in [5.74, 6) is -3.62. The summed E-state index contributed by atoms with van der Waals surface area (Å²) in [5.41, 5.74) is -1.14. The molecule has 3 saturated heterocycles. The van der Waals surface area contributed by atoms with Gasteiger partial charge in [-0.15, -0.1) is 6.58 Å². The first-order valence-electron chi connectivity index (χ1n) is 9.46. The third-order valence-electron chi connectivity index (χ3n) is 6.23. The van der Waals surface area contributed by atoms with E-state index in [4.69, 9.17) is 4.74 Å². The van der Waals surface area contributed by atoms with Gasteiger partial charge in [0.15, 0.2) is 0 Å². The molecule has 150 valence electrons. The molecule has 0 aromatic heterocycles. The number of fused-ring (bicyclic) bond motifs is 1. The number of aliphatic carboxylic acids is 1. The second kappa shape index (κ2) is 6.91. The van der Waals surface area contributed by atoms with E-state index in [2.05, 4.69) is 6.58 Å². The Balaban J connectivity index is 2.09. The molecule has 8 heteroatoms. The Labute approximate surface area is 158 Å². The fourth-order valence-corrected chi connectivity index (χ4v) is 5.07. The Hall–Kier alpha value is -1.93. The van der Waals surface area contributed by atoms with Crippen molar-refractivity contribution in [1.82, 2.24) is 9.80 Å². The zero-order valence-electron chi connectivity index (χ0n) is 16.0. The lowest BCUT2D eigenvalue weighted by molar-refractivity contribution is -0.153. The van der Waals surface area contributed by atoms with E-state index in [-0.39, 0.29) is 18.6 Å². The standard InChI is InChI=1S/C19H28N2O6/c1-5-8-20(10(2)3)17(24)15-19-7-6-12(27-19)13(18(25)26)14(19)16(23)21(15)11(4)9-22/h5,10-15,22H,1,6-9H2,2-4H3,(H,25,26)/t11-,12+,13-,14+,15?,19?/m1/s1. The number of carbonyl (C=O) groups excluding carboxylic acids is 2. The van der Waals surface area contributed by atoms with Gasteiger partial charge in [-0.25, -0.2) is 0 Å². The average molecular weight is 380 g/mol. The molecule has 0 radical (unpaired) electrons. The van der Waals surface area contributed by atoms with Crippen molar-refractivity contribution in [2.24, 2.45) is 11.8 Å². The number of hydrogen-bond acceptors (Lipinski definition) is 5. The number of ether oxygens (including phenoxy) is 1. The number of carboxylic acid groups (broad SMARTS) is 1. The van der Waals surface area contributed by atoms with E-state index in [1.54, 1.807) is 17.9 Å². The molecule has 2 amide bonds. The number of rotatable bonds is 7. The van der Waals surface area contributed by atoms with Gasteiger partial charge in [-0.3, -0.25) is 14.4 Å². The maximum absolute atomic E-state index is 13.5. The van der Waals surface area contributed by atoms with Crippen LogP contribution in [0.4, 0.5) is 0 Å².